The van der Waals surface area contributed by atoms with E-state index in [1.807, 2.05) is 20.8 Å². The summed E-state index contributed by atoms with van der Waals surface area (Å²) in [6.45, 7) is 17.2. The highest BCUT2D eigenvalue weighted by molar-refractivity contribution is 7.92. The quantitative estimate of drug-likeness (QED) is 0.259. The molecule has 1 unspecified atom stereocenters. The Kier molecular flexibility index (Phi) is 8.52. The predicted molar refractivity (Wildman–Crippen MR) is 132 cm³/mol. The molecular formula is C25H48O3SSi. The number of allylic oxidation sites excluding steroid dienone is 2. The molecule has 2 aliphatic rings. The van der Waals surface area contributed by atoms with Crippen LogP contribution in [0.1, 0.15) is 93.9 Å². The third-order valence-corrected chi connectivity index (χ3v) is 15.9. The van der Waals surface area contributed by atoms with Crippen molar-refractivity contribution >= 4 is 18.2 Å². The normalized spacial score (nSPS) is 28.9. The van der Waals surface area contributed by atoms with Gasteiger partial charge in [0, 0.05) is 6.10 Å². The average molecular weight is 457 g/mol. The summed E-state index contributed by atoms with van der Waals surface area (Å²) in [5.74, 6) is 1.37. The number of hydrogen-bond acceptors (Lipinski definition) is 3. The maximum atomic E-state index is 12.5. The zero-order valence-electron chi connectivity index (χ0n) is 21.0. The van der Waals surface area contributed by atoms with Gasteiger partial charge in [-0.25, -0.2) is 8.42 Å². The van der Waals surface area contributed by atoms with E-state index in [1.165, 1.54) is 37.4 Å². The molecule has 3 nitrogen and oxygen atoms in total. The minimum absolute atomic E-state index is 0.237. The van der Waals surface area contributed by atoms with E-state index in [2.05, 4.69) is 40.7 Å². The molecule has 4 atom stereocenters. The van der Waals surface area contributed by atoms with Crippen LogP contribution in [0.3, 0.4) is 0 Å². The lowest BCUT2D eigenvalue weighted by Gasteiger charge is -2.48. The van der Waals surface area contributed by atoms with Crippen molar-refractivity contribution in [2.75, 3.05) is 5.75 Å². The van der Waals surface area contributed by atoms with Crippen molar-refractivity contribution < 1.29 is 12.8 Å². The van der Waals surface area contributed by atoms with Crippen molar-refractivity contribution in [1.29, 1.82) is 0 Å². The van der Waals surface area contributed by atoms with E-state index in [0.717, 1.165) is 19.3 Å². The van der Waals surface area contributed by atoms with Crippen LogP contribution in [0.25, 0.3) is 0 Å². The van der Waals surface area contributed by atoms with E-state index in [4.69, 9.17) is 4.43 Å². The lowest BCUT2D eigenvalue weighted by Crippen LogP contribution is -2.48. The summed E-state index contributed by atoms with van der Waals surface area (Å²) in [6.07, 6.45) is 9.51. The molecule has 2 rings (SSSR count). The Morgan fingerprint density at radius 2 is 1.80 bits per heavy atom. The lowest BCUT2D eigenvalue weighted by atomic mass is 9.63. The summed E-state index contributed by atoms with van der Waals surface area (Å²) < 4.78 is 31.3. The van der Waals surface area contributed by atoms with Crippen molar-refractivity contribution in [1.82, 2.24) is 0 Å². The van der Waals surface area contributed by atoms with Gasteiger partial charge in [0.1, 0.15) is 0 Å². The summed E-state index contributed by atoms with van der Waals surface area (Å²) in [4.78, 5) is 0. The fourth-order valence-corrected chi connectivity index (χ4v) is 10.1. The van der Waals surface area contributed by atoms with Gasteiger partial charge in [0.15, 0.2) is 18.2 Å². The minimum Gasteiger partial charge on any atom is -0.414 e. The van der Waals surface area contributed by atoms with Gasteiger partial charge in [0.25, 0.3) is 0 Å². The fourth-order valence-electron chi connectivity index (χ4n) is 5.99. The van der Waals surface area contributed by atoms with Crippen molar-refractivity contribution in [3.05, 3.63) is 11.6 Å². The topological polar surface area (TPSA) is 43.4 Å². The minimum atomic E-state index is -3.03. The van der Waals surface area contributed by atoms with Crippen LogP contribution in [0.5, 0.6) is 0 Å². The highest BCUT2D eigenvalue weighted by Gasteiger charge is 2.50. The van der Waals surface area contributed by atoms with E-state index in [0.29, 0.717) is 23.7 Å². The second-order valence-corrected chi connectivity index (χ2v) is 18.8. The van der Waals surface area contributed by atoms with Gasteiger partial charge in [-0.2, -0.15) is 0 Å². The molecule has 5 heteroatoms. The molecule has 0 N–H and O–H groups in total. The monoisotopic (exact) mass is 456 g/mol. The number of sulfone groups is 1. The molecule has 0 saturated heterocycles. The van der Waals surface area contributed by atoms with Crippen LogP contribution in [0, 0.1) is 17.3 Å². The first kappa shape index (κ1) is 26.1. The first-order chi connectivity index (χ1) is 13.9. The molecule has 1 fully saturated rings. The zero-order chi connectivity index (χ0) is 22.8. The molecule has 0 amide bonds. The van der Waals surface area contributed by atoms with Crippen LogP contribution in [-0.4, -0.2) is 33.3 Å². The highest BCUT2D eigenvalue weighted by Crippen LogP contribution is 2.56. The van der Waals surface area contributed by atoms with Gasteiger partial charge in [0.2, 0.25) is 0 Å². The van der Waals surface area contributed by atoms with Crippen LogP contribution in [-0.2, 0) is 14.3 Å². The first-order valence-corrected chi connectivity index (χ1v) is 16.6. The Morgan fingerprint density at radius 3 is 2.33 bits per heavy atom. The highest BCUT2D eigenvalue weighted by atomic mass is 32.2. The van der Waals surface area contributed by atoms with Crippen molar-refractivity contribution in [3.63, 3.8) is 0 Å². The fraction of sp³-hybridized carbons (Fsp3) is 0.920. The Morgan fingerprint density at radius 1 is 1.20 bits per heavy atom. The van der Waals surface area contributed by atoms with Gasteiger partial charge in [-0.05, 0) is 88.3 Å². The Labute approximate surface area is 188 Å². The van der Waals surface area contributed by atoms with Crippen LogP contribution in [0.2, 0.25) is 18.1 Å². The number of hydrogen-bond donors (Lipinski definition) is 0. The molecule has 0 bridgehead atoms. The summed E-state index contributed by atoms with van der Waals surface area (Å²) in [5.41, 5.74) is 1.83. The molecule has 2 aliphatic carbocycles. The van der Waals surface area contributed by atoms with Crippen LogP contribution < -0.4 is 0 Å². The van der Waals surface area contributed by atoms with Crippen molar-refractivity contribution in [2.24, 2.45) is 17.3 Å². The van der Waals surface area contributed by atoms with E-state index in [-0.39, 0.29) is 5.41 Å². The molecular weight excluding hydrogens is 408 g/mol. The zero-order valence-corrected chi connectivity index (χ0v) is 22.8. The van der Waals surface area contributed by atoms with Crippen LogP contribution in [0.15, 0.2) is 11.6 Å². The van der Waals surface area contributed by atoms with Crippen molar-refractivity contribution in [3.8, 4) is 0 Å². The van der Waals surface area contributed by atoms with E-state index in [9.17, 15) is 8.42 Å². The summed E-state index contributed by atoms with van der Waals surface area (Å²) >= 11 is 0. The largest absolute Gasteiger partial charge is 0.414 e. The van der Waals surface area contributed by atoms with Gasteiger partial charge < -0.3 is 4.43 Å². The van der Waals surface area contributed by atoms with Gasteiger partial charge in [0.05, 0.1) is 10.5 Å². The van der Waals surface area contributed by atoms with Gasteiger partial charge in [-0.15, -0.1) is 0 Å². The number of rotatable bonds is 10. The van der Waals surface area contributed by atoms with Crippen molar-refractivity contribution in [2.45, 2.75) is 123 Å². The maximum Gasteiger partial charge on any atom is 0.192 e. The van der Waals surface area contributed by atoms with Gasteiger partial charge in [-0.3, -0.25) is 0 Å². The molecule has 0 aromatic rings. The predicted octanol–water partition coefficient (Wildman–Crippen LogP) is 7.14. The Balaban J connectivity index is 2.05. The molecule has 0 aromatic carbocycles. The SMILES string of the molecule is CC[Si](CC)(CC)OC1CCC[C@]2(C)C([C@H](C)CCCS(=O)(=O)C(C)(C)C)=CC[C@@H]12. The van der Waals surface area contributed by atoms with Gasteiger partial charge >= 0.3 is 0 Å². The number of fused-ring (bicyclic) bond motifs is 1. The Bertz CT molecular complexity index is 694. The Hall–Kier alpha value is -0.133. The van der Waals surface area contributed by atoms with Crippen LogP contribution >= 0.6 is 0 Å². The first-order valence-electron chi connectivity index (χ1n) is 12.5. The molecule has 0 aliphatic heterocycles. The molecule has 30 heavy (non-hydrogen) atoms. The standard InChI is InChI=1S/C25H48O3SSi/c1-9-30(10-2,11-3)28-23-15-12-18-25(8)21(16-17-22(23)25)20(4)14-13-19-29(26,27)24(5,6)7/h16,20,22-23H,9-15,17-19H2,1-8H3/t20-,22+,23?,25-/m1/s1. The summed E-state index contributed by atoms with van der Waals surface area (Å²) in [6, 6.07) is 3.66. The molecule has 0 radical (unpaired) electrons. The molecule has 176 valence electrons. The molecule has 1 saturated carbocycles. The third-order valence-electron chi connectivity index (χ3n) is 8.55. The lowest BCUT2D eigenvalue weighted by molar-refractivity contribution is 0.0174. The molecule has 0 spiro atoms. The van der Waals surface area contributed by atoms with E-state index in [1.54, 1.807) is 5.57 Å². The summed E-state index contributed by atoms with van der Waals surface area (Å²) in [7, 11) is -4.62. The van der Waals surface area contributed by atoms with Gasteiger partial charge in [-0.1, -0.05) is 52.7 Å². The molecule has 0 aromatic heterocycles. The smallest absolute Gasteiger partial charge is 0.192 e. The maximum absolute atomic E-state index is 12.5. The second kappa shape index (κ2) is 9.78. The second-order valence-electron chi connectivity index (χ2n) is 11.2. The van der Waals surface area contributed by atoms with E-state index < -0.39 is 22.9 Å². The third kappa shape index (κ3) is 5.26. The average Bonchev–Trinajstić information content (AvgIpc) is 3.03. The molecule has 0 heterocycles. The van der Waals surface area contributed by atoms with Crippen LogP contribution in [0.4, 0.5) is 0 Å². The van der Waals surface area contributed by atoms with E-state index >= 15 is 0 Å². The summed E-state index contributed by atoms with van der Waals surface area (Å²) in [5, 5.41) is 0.